The van der Waals surface area contributed by atoms with E-state index in [1.54, 1.807) is 0 Å². The van der Waals surface area contributed by atoms with Crippen LogP contribution in [-0.4, -0.2) is 127 Å². The van der Waals surface area contributed by atoms with Crippen molar-refractivity contribution >= 4 is 23.6 Å². The number of nitrogens with zero attached hydrogens (tertiary/aromatic N) is 5. The molecular weight excluding hydrogens is 574 g/mol. The Balaban J connectivity index is 1.85. The number of ether oxygens (including phenoxy) is 6. The number of nitro groups is 1. The van der Waals surface area contributed by atoms with Gasteiger partial charge in [-0.2, -0.15) is 0 Å². The Morgan fingerprint density at radius 2 is 1.44 bits per heavy atom. The number of hydrogen-bond acceptors (Lipinski definition) is 12. The number of non-ortho nitro benzene ring substituents is 1. The van der Waals surface area contributed by atoms with Crippen LogP contribution in [0.3, 0.4) is 0 Å². The van der Waals surface area contributed by atoms with Gasteiger partial charge in [0.05, 0.1) is 70.9 Å². The third kappa shape index (κ3) is 20.5. The summed E-state index contributed by atoms with van der Waals surface area (Å²) >= 11 is 0. The minimum atomic E-state index is -0.697. The number of carbonyl (C=O) groups is 3. The molecule has 1 aromatic carbocycles. The van der Waals surface area contributed by atoms with Crippen molar-refractivity contribution in [3.8, 4) is 5.75 Å². The molecule has 1 rings (SSSR count). The lowest BCUT2D eigenvalue weighted by atomic mass is 10.3. The second-order valence-electron chi connectivity index (χ2n) is 8.48. The van der Waals surface area contributed by atoms with Crippen molar-refractivity contribution in [1.29, 1.82) is 0 Å². The highest BCUT2D eigenvalue weighted by atomic mass is 16.6. The number of amides is 3. The lowest BCUT2D eigenvalue weighted by Crippen LogP contribution is -2.40. The van der Waals surface area contributed by atoms with Crippen molar-refractivity contribution in [3.05, 3.63) is 44.8 Å². The van der Waals surface area contributed by atoms with Gasteiger partial charge in [-0.05, 0) is 24.1 Å². The van der Waals surface area contributed by atoms with Crippen LogP contribution in [-0.2, 0) is 33.3 Å². The number of rotatable bonds is 25. The van der Waals surface area contributed by atoms with Gasteiger partial charge in [0.15, 0.2) is 0 Å². The maximum Gasteiger partial charge on any atom is 0.412 e. The van der Waals surface area contributed by atoms with Gasteiger partial charge >= 0.3 is 6.09 Å². The van der Waals surface area contributed by atoms with Gasteiger partial charge in [0.25, 0.3) is 5.69 Å². The largest absolute Gasteiger partial charge is 0.412 e. The highest BCUT2D eigenvalue weighted by Gasteiger charge is 2.12. The smallest absolute Gasteiger partial charge is 0.410 e. The molecule has 0 atom stereocenters. The van der Waals surface area contributed by atoms with Crippen LogP contribution in [0, 0.1) is 10.1 Å². The summed E-state index contributed by atoms with van der Waals surface area (Å²) in [5, 5.41) is 19.1. The third-order valence-electron chi connectivity index (χ3n) is 5.11. The predicted octanol–water partition coefficient (Wildman–Crippen LogP) is 1.04. The number of likely N-dealkylation sites (N-methyl/N-ethyl adjacent to an activating group) is 1. The minimum Gasteiger partial charge on any atom is -0.410 e. The maximum atomic E-state index is 12.0. The second kappa shape index (κ2) is 24.5. The molecule has 18 heteroatoms. The molecule has 0 saturated carbocycles. The zero-order valence-corrected chi connectivity index (χ0v) is 24.1. The molecule has 0 fully saturated rings. The Morgan fingerprint density at radius 3 is 2.00 bits per heavy atom. The molecule has 0 unspecified atom stereocenters. The van der Waals surface area contributed by atoms with Gasteiger partial charge in [0, 0.05) is 43.7 Å². The highest BCUT2D eigenvalue weighted by Crippen LogP contribution is 2.17. The van der Waals surface area contributed by atoms with Crippen molar-refractivity contribution in [2.45, 2.75) is 6.42 Å². The molecule has 0 aliphatic rings. The van der Waals surface area contributed by atoms with Crippen LogP contribution in [0.2, 0.25) is 0 Å². The van der Waals surface area contributed by atoms with Crippen LogP contribution in [0.5, 0.6) is 5.75 Å². The van der Waals surface area contributed by atoms with E-state index in [1.165, 1.54) is 36.2 Å². The molecule has 0 bridgehead atoms. The molecular formula is C25H39N7O11. The van der Waals surface area contributed by atoms with Gasteiger partial charge in [-0.3, -0.25) is 19.7 Å². The normalized spacial score (nSPS) is 10.4. The fraction of sp³-hybridized carbons (Fsp3) is 0.640. The van der Waals surface area contributed by atoms with Crippen LogP contribution in [0.1, 0.15) is 6.42 Å². The summed E-state index contributed by atoms with van der Waals surface area (Å²) in [6.45, 7) is 3.47. The van der Waals surface area contributed by atoms with Crippen molar-refractivity contribution in [2.75, 3.05) is 99.3 Å². The van der Waals surface area contributed by atoms with Crippen molar-refractivity contribution in [3.63, 3.8) is 0 Å². The molecule has 0 aliphatic carbocycles. The van der Waals surface area contributed by atoms with Gasteiger partial charge in [-0.1, -0.05) is 5.11 Å². The molecule has 240 valence electrons. The fourth-order valence-electron chi connectivity index (χ4n) is 2.94. The zero-order valence-electron chi connectivity index (χ0n) is 24.1. The van der Waals surface area contributed by atoms with E-state index >= 15 is 0 Å². The average Bonchev–Trinajstić information content (AvgIpc) is 2.98. The summed E-state index contributed by atoms with van der Waals surface area (Å²) in [4.78, 5) is 49.4. The Bertz CT molecular complexity index is 1010. The van der Waals surface area contributed by atoms with Crippen LogP contribution < -0.4 is 15.4 Å². The second-order valence-corrected chi connectivity index (χ2v) is 8.48. The number of benzene rings is 1. The molecule has 0 aromatic heterocycles. The van der Waals surface area contributed by atoms with E-state index in [-0.39, 0.29) is 62.8 Å². The first kappa shape index (κ1) is 37.0. The number of azide groups is 1. The summed E-state index contributed by atoms with van der Waals surface area (Å²) in [5.41, 5.74) is 8.09. The Kier molecular flexibility index (Phi) is 21.1. The van der Waals surface area contributed by atoms with Crippen molar-refractivity contribution in [1.82, 2.24) is 15.5 Å². The van der Waals surface area contributed by atoms with E-state index < -0.39 is 11.0 Å². The summed E-state index contributed by atoms with van der Waals surface area (Å²) in [6, 6.07) is 5.15. The zero-order chi connectivity index (χ0) is 31.5. The van der Waals surface area contributed by atoms with E-state index in [2.05, 4.69) is 20.7 Å². The number of carbonyl (C=O) groups excluding carboxylic acids is 3. The standard InChI is InChI=1S/C25H39N7O11/c1-31(19-23(33)27-7-2-8-29-30-26)24(34)20-42-18-17-41-16-15-40-14-13-39-12-11-38-10-9-28-25(35)43-22-5-3-21(4-6-22)32(36)37/h3-6H,2,7-20H2,1H3,(H,27,33)(H,28,35). The lowest BCUT2D eigenvalue weighted by Gasteiger charge is -2.16. The summed E-state index contributed by atoms with van der Waals surface area (Å²) in [5.74, 6) is -0.462. The van der Waals surface area contributed by atoms with Crippen LogP contribution in [0.25, 0.3) is 10.4 Å². The summed E-state index contributed by atoms with van der Waals surface area (Å²) in [7, 11) is 1.50. The van der Waals surface area contributed by atoms with Crippen LogP contribution >= 0.6 is 0 Å². The van der Waals surface area contributed by atoms with E-state index in [0.717, 1.165) is 0 Å². The highest BCUT2D eigenvalue weighted by molar-refractivity contribution is 5.85. The van der Waals surface area contributed by atoms with Gasteiger partial charge in [-0.25, -0.2) is 4.79 Å². The molecule has 0 saturated heterocycles. The van der Waals surface area contributed by atoms with E-state index in [1.807, 2.05) is 0 Å². The number of hydrogen-bond donors (Lipinski definition) is 2. The van der Waals surface area contributed by atoms with Crippen molar-refractivity contribution in [2.24, 2.45) is 5.11 Å². The molecule has 0 heterocycles. The molecule has 18 nitrogen and oxygen atoms in total. The quantitative estimate of drug-likeness (QED) is 0.0395. The lowest BCUT2D eigenvalue weighted by molar-refractivity contribution is -0.384. The van der Waals surface area contributed by atoms with Gasteiger partial charge < -0.3 is 44.0 Å². The topological polar surface area (TPSA) is 226 Å². The fourth-order valence-corrected chi connectivity index (χ4v) is 2.94. The molecule has 0 radical (unpaired) electrons. The Labute approximate surface area is 248 Å². The maximum absolute atomic E-state index is 12.0. The monoisotopic (exact) mass is 613 g/mol. The van der Waals surface area contributed by atoms with Crippen LogP contribution in [0.4, 0.5) is 10.5 Å². The minimum absolute atomic E-state index is 0.0982. The first-order valence-corrected chi connectivity index (χ1v) is 13.4. The average molecular weight is 614 g/mol. The van der Waals surface area contributed by atoms with E-state index in [9.17, 15) is 24.5 Å². The third-order valence-corrected chi connectivity index (χ3v) is 5.11. The molecule has 2 N–H and O–H groups in total. The van der Waals surface area contributed by atoms with Crippen molar-refractivity contribution < 1.29 is 47.7 Å². The summed E-state index contributed by atoms with van der Waals surface area (Å²) in [6.07, 6.45) is -0.178. The molecule has 1 aromatic rings. The van der Waals surface area contributed by atoms with E-state index in [0.29, 0.717) is 59.2 Å². The van der Waals surface area contributed by atoms with E-state index in [4.69, 9.17) is 34.0 Å². The van der Waals surface area contributed by atoms with Gasteiger partial charge in [-0.15, -0.1) is 0 Å². The molecule has 43 heavy (non-hydrogen) atoms. The molecule has 0 spiro atoms. The van der Waals surface area contributed by atoms with Gasteiger partial charge in [0.2, 0.25) is 11.8 Å². The van der Waals surface area contributed by atoms with Crippen LogP contribution in [0.15, 0.2) is 29.4 Å². The number of nitro benzene ring substituents is 1. The SMILES string of the molecule is CN(CC(=O)NCCCN=[N+]=[N-])C(=O)COCCOCCOCCOCCOCCNC(=O)Oc1ccc([N+](=O)[O-])cc1. The van der Waals surface area contributed by atoms with Gasteiger partial charge in [0.1, 0.15) is 12.4 Å². The first-order valence-electron chi connectivity index (χ1n) is 13.4. The summed E-state index contributed by atoms with van der Waals surface area (Å²) < 4.78 is 31.7. The Hall–Kier alpha value is -4.06. The predicted molar refractivity (Wildman–Crippen MR) is 150 cm³/mol. The first-order chi connectivity index (χ1) is 20.8. The Morgan fingerprint density at radius 1 is 0.884 bits per heavy atom. The molecule has 3 amide bonds. The number of nitrogens with one attached hydrogen (secondary N) is 2. The molecule has 0 aliphatic heterocycles.